The van der Waals surface area contributed by atoms with Crippen molar-refractivity contribution < 1.29 is 14.3 Å². The lowest BCUT2D eigenvalue weighted by Crippen LogP contribution is -2.28. The molecule has 1 atom stereocenters. The molecule has 2 aromatic rings. The number of nitrogens with one attached hydrogen (secondary N) is 2. The SMILES string of the molecule is COc1ccc(NC(=O)C[C@@H]2SC(=Nc3ccccc3)NC2=O)cc1. The van der Waals surface area contributed by atoms with Crippen LogP contribution in [0.3, 0.4) is 0 Å². The first-order chi connectivity index (χ1) is 12.1. The molecule has 0 spiro atoms. The molecule has 2 N–H and O–H groups in total. The Labute approximate surface area is 149 Å². The van der Waals surface area contributed by atoms with Gasteiger partial charge in [-0.15, -0.1) is 0 Å². The van der Waals surface area contributed by atoms with Gasteiger partial charge in [-0.3, -0.25) is 9.59 Å². The molecule has 7 heteroatoms. The number of hydrogen-bond acceptors (Lipinski definition) is 5. The number of benzene rings is 2. The van der Waals surface area contributed by atoms with Crippen LogP contribution in [0.5, 0.6) is 5.75 Å². The van der Waals surface area contributed by atoms with Crippen LogP contribution in [-0.2, 0) is 9.59 Å². The number of carbonyl (C=O) groups excluding carboxylic acids is 2. The van der Waals surface area contributed by atoms with Crippen molar-refractivity contribution in [2.75, 3.05) is 12.4 Å². The summed E-state index contributed by atoms with van der Waals surface area (Å²) in [6, 6.07) is 16.4. The molecule has 1 aliphatic heterocycles. The van der Waals surface area contributed by atoms with Gasteiger partial charge in [0.1, 0.15) is 11.0 Å². The van der Waals surface area contributed by atoms with Crippen LogP contribution in [0.4, 0.5) is 11.4 Å². The third-order valence-electron chi connectivity index (χ3n) is 3.51. The fourth-order valence-electron chi connectivity index (χ4n) is 2.27. The smallest absolute Gasteiger partial charge is 0.240 e. The third kappa shape index (κ3) is 4.60. The van der Waals surface area contributed by atoms with Crippen LogP contribution < -0.4 is 15.4 Å². The highest BCUT2D eigenvalue weighted by atomic mass is 32.2. The highest BCUT2D eigenvalue weighted by molar-refractivity contribution is 8.15. The number of thioether (sulfide) groups is 1. The van der Waals surface area contributed by atoms with E-state index in [0.717, 1.165) is 5.69 Å². The normalized spacial score (nSPS) is 18.0. The minimum absolute atomic E-state index is 0.0797. The molecule has 2 aromatic carbocycles. The van der Waals surface area contributed by atoms with Crippen molar-refractivity contribution in [2.45, 2.75) is 11.7 Å². The van der Waals surface area contributed by atoms with E-state index in [1.807, 2.05) is 30.3 Å². The molecule has 25 heavy (non-hydrogen) atoms. The quantitative estimate of drug-likeness (QED) is 0.864. The standard InChI is InChI=1S/C18H17N3O3S/c1-24-14-9-7-13(8-10-14)19-16(22)11-15-17(23)21-18(25-15)20-12-5-3-2-4-6-12/h2-10,15H,11H2,1H3,(H,19,22)(H,20,21,23)/t15-/m0/s1. The summed E-state index contributed by atoms with van der Waals surface area (Å²) < 4.78 is 5.07. The van der Waals surface area contributed by atoms with Gasteiger partial charge in [-0.25, -0.2) is 4.99 Å². The molecule has 0 bridgehead atoms. The molecular weight excluding hydrogens is 338 g/mol. The molecule has 0 saturated carbocycles. The van der Waals surface area contributed by atoms with E-state index in [2.05, 4.69) is 15.6 Å². The first-order valence-corrected chi connectivity index (χ1v) is 8.57. The Balaban J connectivity index is 1.58. The van der Waals surface area contributed by atoms with Crippen LogP contribution in [-0.4, -0.2) is 29.3 Å². The average molecular weight is 355 g/mol. The second kappa shape index (κ2) is 7.85. The number of aliphatic imine (C=N–C) groups is 1. The molecule has 128 valence electrons. The fourth-order valence-corrected chi connectivity index (χ4v) is 3.25. The van der Waals surface area contributed by atoms with Crippen LogP contribution in [0, 0.1) is 0 Å². The molecule has 3 rings (SSSR count). The first kappa shape index (κ1) is 17.0. The maximum atomic E-state index is 12.2. The average Bonchev–Trinajstić information content (AvgIpc) is 2.95. The Bertz CT molecular complexity index is 791. The maximum absolute atomic E-state index is 12.2. The Kier molecular flexibility index (Phi) is 5.35. The third-order valence-corrected chi connectivity index (χ3v) is 4.59. The Morgan fingerprint density at radius 3 is 2.60 bits per heavy atom. The molecule has 0 aromatic heterocycles. The molecule has 0 unspecified atom stereocenters. The number of nitrogens with zero attached hydrogens (tertiary/aromatic N) is 1. The number of hydrogen-bond donors (Lipinski definition) is 2. The van der Waals surface area contributed by atoms with Crippen molar-refractivity contribution in [3.8, 4) is 5.75 Å². The summed E-state index contributed by atoms with van der Waals surface area (Å²) in [6.07, 6.45) is 0.0797. The zero-order chi connectivity index (χ0) is 17.6. The van der Waals surface area contributed by atoms with Gasteiger partial charge in [0.15, 0.2) is 5.17 Å². The van der Waals surface area contributed by atoms with Gasteiger partial charge in [-0.05, 0) is 36.4 Å². The second-order valence-electron chi connectivity index (χ2n) is 5.33. The van der Waals surface area contributed by atoms with Crippen LogP contribution >= 0.6 is 11.8 Å². The van der Waals surface area contributed by atoms with Gasteiger partial charge >= 0.3 is 0 Å². The summed E-state index contributed by atoms with van der Waals surface area (Å²) in [5, 5.41) is 5.52. The predicted molar refractivity (Wildman–Crippen MR) is 99.3 cm³/mol. The Morgan fingerprint density at radius 1 is 1.20 bits per heavy atom. The summed E-state index contributed by atoms with van der Waals surface area (Å²) in [6.45, 7) is 0. The largest absolute Gasteiger partial charge is 0.497 e. The van der Waals surface area contributed by atoms with Gasteiger partial charge in [0.25, 0.3) is 0 Å². The van der Waals surface area contributed by atoms with Crippen molar-refractivity contribution in [1.82, 2.24) is 5.32 Å². The number of rotatable bonds is 5. The summed E-state index contributed by atoms with van der Waals surface area (Å²) in [5.74, 6) is 0.286. The summed E-state index contributed by atoms with van der Waals surface area (Å²) in [7, 11) is 1.58. The van der Waals surface area contributed by atoms with Gasteiger partial charge in [0.2, 0.25) is 11.8 Å². The number of amidine groups is 1. The van der Waals surface area contributed by atoms with Crippen molar-refractivity contribution in [3.05, 3.63) is 54.6 Å². The molecule has 1 aliphatic rings. The van der Waals surface area contributed by atoms with E-state index in [1.165, 1.54) is 11.8 Å². The van der Waals surface area contributed by atoms with Gasteiger partial charge in [0.05, 0.1) is 12.8 Å². The van der Waals surface area contributed by atoms with Gasteiger partial charge in [-0.2, -0.15) is 0 Å². The van der Waals surface area contributed by atoms with E-state index in [-0.39, 0.29) is 18.2 Å². The molecule has 1 saturated heterocycles. The van der Waals surface area contributed by atoms with Crippen LogP contribution in [0.15, 0.2) is 59.6 Å². The molecule has 0 radical (unpaired) electrons. The highest BCUT2D eigenvalue weighted by Gasteiger charge is 2.32. The topological polar surface area (TPSA) is 79.8 Å². The van der Waals surface area contributed by atoms with E-state index in [4.69, 9.17) is 4.74 Å². The summed E-state index contributed by atoms with van der Waals surface area (Å²) >= 11 is 1.27. The monoisotopic (exact) mass is 355 g/mol. The fraction of sp³-hybridized carbons (Fsp3) is 0.167. The number of anilines is 1. The molecule has 0 aliphatic carbocycles. The zero-order valence-corrected chi connectivity index (χ0v) is 14.4. The number of ether oxygens (including phenoxy) is 1. The minimum atomic E-state index is -0.485. The number of para-hydroxylation sites is 1. The lowest BCUT2D eigenvalue weighted by molar-refractivity contribution is -0.122. The van der Waals surface area contributed by atoms with Crippen LogP contribution in [0.25, 0.3) is 0 Å². The van der Waals surface area contributed by atoms with Crippen molar-refractivity contribution >= 4 is 40.1 Å². The van der Waals surface area contributed by atoms with Gasteiger partial charge < -0.3 is 15.4 Å². The lowest BCUT2D eigenvalue weighted by atomic mass is 10.2. The zero-order valence-electron chi connectivity index (χ0n) is 13.6. The second-order valence-corrected chi connectivity index (χ2v) is 6.52. The van der Waals surface area contributed by atoms with E-state index in [9.17, 15) is 9.59 Å². The number of carbonyl (C=O) groups is 2. The Morgan fingerprint density at radius 2 is 1.92 bits per heavy atom. The van der Waals surface area contributed by atoms with Crippen LogP contribution in [0.2, 0.25) is 0 Å². The first-order valence-electron chi connectivity index (χ1n) is 7.69. The van der Waals surface area contributed by atoms with Gasteiger partial charge in [-0.1, -0.05) is 30.0 Å². The van der Waals surface area contributed by atoms with E-state index < -0.39 is 5.25 Å². The van der Waals surface area contributed by atoms with Crippen molar-refractivity contribution in [1.29, 1.82) is 0 Å². The maximum Gasteiger partial charge on any atom is 0.240 e. The summed E-state index contributed by atoms with van der Waals surface area (Å²) in [5.41, 5.74) is 1.42. The number of amides is 2. The minimum Gasteiger partial charge on any atom is -0.497 e. The predicted octanol–water partition coefficient (Wildman–Crippen LogP) is 2.94. The molecule has 2 amide bonds. The Hall–Kier alpha value is -2.80. The van der Waals surface area contributed by atoms with E-state index >= 15 is 0 Å². The van der Waals surface area contributed by atoms with Gasteiger partial charge in [0, 0.05) is 12.1 Å². The molecule has 1 heterocycles. The number of methoxy groups -OCH3 is 1. The molecule has 6 nitrogen and oxygen atoms in total. The highest BCUT2D eigenvalue weighted by Crippen LogP contribution is 2.25. The summed E-state index contributed by atoms with van der Waals surface area (Å²) in [4.78, 5) is 28.6. The van der Waals surface area contributed by atoms with Crippen LogP contribution in [0.1, 0.15) is 6.42 Å². The van der Waals surface area contributed by atoms with Crippen molar-refractivity contribution in [3.63, 3.8) is 0 Å². The lowest BCUT2D eigenvalue weighted by Gasteiger charge is -2.08. The molecular formula is C18H17N3O3S. The molecule has 1 fully saturated rings. The van der Waals surface area contributed by atoms with Crippen molar-refractivity contribution in [2.24, 2.45) is 4.99 Å². The van der Waals surface area contributed by atoms with E-state index in [0.29, 0.717) is 16.6 Å². The van der Waals surface area contributed by atoms with E-state index in [1.54, 1.807) is 31.4 Å².